The van der Waals surface area contributed by atoms with E-state index >= 15 is 0 Å². The van der Waals surface area contributed by atoms with Crippen molar-refractivity contribution in [2.24, 2.45) is 5.92 Å². The number of sulfonamides is 1. The highest BCUT2D eigenvalue weighted by Gasteiger charge is 2.45. The first kappa shape index (κ1) is 20.3. The summed E-state index contributed by atoms with van der Waals surface area (Å²) in [6.45, 7) is 5.07. The van der Waals surface area contributed by atoms with Crippen LogP contribution in [-0.4, -0.2) is 55.6 Å². The van der Waals surface area contributed by atoms with Gasteiger partial charge in [-0.15, -0.1) is 0 Å². The topological polar surface area (TPSA) is 90.5 Å². The molecule has 2 aliphatic rings. The highest BCUT2D eigenvalue weighted by Crippen LogP contribution is 2.25. The Morgan fingerprint density at radius 2 is 1.85 bits per heavy atom. The van der Waals surface area contributed by atoms with Crippen LogP contribution < -0.4 is 16.2 Å². The number of hydrogen-bond donors (Lipinski definition) is 3. The Morgan fingerprint density at radius 3 is 2.52 bits per heavy atom. The highest BCUT2D eigenvalue weighted by molar-refractivity contribution is 7.89. The van der Waals surface area contributed by atoms with E-state index in [0.717, 1.165) is 12.8 Å². The molecule has 2 heterocycles. The van der Waals surface area contributed by atoms with Gasteiger partial charge in [-0.05, 0) is 38.7 Å². The van der Waals surface area contributed by atoms with E-state index < -0.39 is 15.3 Å². The van der Waals surface area contributed by atoms with Crippen LogP contribution in [0.25, 0.3) is 0 Å². The van der Waals surface area contributed by atoms with Crippen LogP contribution >= 0.6 is 0 Å². The second kappa shape index (κ2) is 8.68. The van der Waals surface area contributed by atoms with Gasteiger partial charge in [0.15, 0.2) is 0 Å². The first-order valence-corrected chi connectivity index (χ1v) is 11.2. The van der Waals surface area contributed by atoms with Crippen molar-refractivity contribution in [3.8, 4) is 0 Å². The van der Waals surface area contributed by atoms with Crippen molar-refractivity contribution in [1.29, 1.82) is 0 Å². The van der Waals surface area contributed by atoms with Gasteiger partial charge in [0.05, 0.1) is 5.92 Å². The molecule has 3 N–H and O–H groups in total. The monoisotopic (exact) mass is 394 g/mol. The summed E-state index contributed by atoms with van der Waals surface area (Å²) in [4.78, 5) is 12.6. The summed E-state index contributed by atoms with van der Waals surface area (Å²) in [5.41, 5.74) is 7.19. The zero-order chi connectivity index (χ0) is 19.4. The summed E-state index contributed by atoms with van der Waals surface area (Å²) in [6.07, 6.45) is 2.22. The Hall–Kier alpha value is -1.48. The summed E-state index contributed by atoms with van der Waals surface area (Å²) >= 11 is 0. The average Bonchev–Trinajstić information content (AvgIpc) is 3.01. The Morgan fingerprint density at radius 1 is 1.19 bits per heavy atom. The number of rotatable bonds is 6. The van der Waals surface area contributed by atoms with E-state index in [1.807, 2.05) is 44.2 Å². The van der Waals surface area contributed by atoms with Crippen LogP contribution in [0.3, 0.4) is 0 Å². The maximum atomic E-state index is 13.1. The predicted octanol–water partition coefficient (Wildman–Crippen LogP) is 0.641. The molecule has 2 saturated heterocycles. The van der Waals surface area contributed by atoms with Crippen LogP contribution in [0.5, 0.6) is 0 Å². The first-order valence-electron chi connectivity index (χ1n) is 9.71. The maximum Gasteiger partial charge on any atom is 0.224 e. The number of carbonyl (C=O) groups is 1. The highest BCUT2D eigenvalue weighted by atomic mass is 32.2. The smallest absolute Gasteiger partial charge is 0.224 e. The molecule has 0 bridgehead atoms. The lowest BCUT2D eigenvalue weighted by atomic mass is 9.99. The van der Waals surface area contributed by atoms with Gasteiger partial charge in [0.25, 0.3) is 0 Å². The van der Waals surface area contributed by atoms with E-state index in [9.17, 15) is 13.2 Å². The number of benzene rings is 1. The van der Waals surface area contributed by atoms with Crippen molar-refractivity contribution in [2.75, 3.05) is 19.6 Å². The van der Waals surface area contributed by atoms with Gasteiger partial charge < -0.3 is 5.32 Å². The fourth-order valence-corrected chi connectivity index (χ4v) is 6.34. The average molecular weight is 395 g/mol. The molecule has 1 amide bonds. The fraction of sp³-hybridized carbons (Fsp3) is 0.632. The Kier molecular flexibility index (Phi) is 6.52. The fourth-order valence-electron chi connectivity index (χ4n) is 4.05. The summed E-state index contributed by atoms with van der Waals surface area (Å²) in [5.74, 6) is -0.327. The lowest BCUT2D eigenvalue weighted by molar-refractivity contribution is -0.126. The second-order valence-electron chi connectivity index (χ2n) is 7.60. The van der Waals surface area contributed by atoms with Crippen LogP contribution in [0, 0.1) is 5.92 Å². The molecule has 3 atom stereocenters. The van der Waals surface area contributed by atoms with E-state index in [2.05, 4.69) is 16.2 Å². The van der Waals surface area contributed by atoms with E-state index in [-0.39, 0.29) is 30.5 Å². The van der Waals surface area contributed by atoms with Gasteiger partial charge in [-0.25, -0.2) is 12.7 Å². The molecule has 2 aliphatic heterocycles. The van der Waals surface area contributed by atoms with Crippen molar-refractivity contribution in [3.05, 3.63) is 35.9 Å². The number of amides is 1. The molecule has 7 nitrogen and oxygen atoms in total. The minimum atomic E-state index is -3.46. The molecule has 3 rings (SSSR count). The first-order chi connectivity index (χ1) is 12.9. The zero-order valence-corrected chi connectivity index (χ0v) is 16.8. The van der Waals surface area contributed by atoms with E-state index in [0.29, 0.717) is 19.5 Å². The number of nitrogens with zero attached hydrogens (tertiary/aromatic N) is 1. The van der Waals surface area contributed by atoms with Crippen molar-refractivity contribution in [1.82, 2.24) is 20.5 Å². The summed E-state index contributed by atoms with van der Waals surface area (Å²) in [5, 5.41) is 2.46. The quantitative estimate of drug-likeness (QED) is 0.659. The molecule has 0 spiro atoms. The van der Waals surface area contributed by atoms with Gasteiger partial charge in [-0.2, -0.15) is 0 Å². The number of piperidine rings is 1. The third kappa shape index (κ3) is 4.68. The molecule has 3 unspecified atom stereocenters. The molecule has 0 aliphatic carbocycles. The van der Waals surface area contributed by atoms with Gasteiger partial charge in [0, 0.05) is 31.7 Å². The molecule has 27 heavy (non-hydrogen) atoms. The predicted molar refractivity (Wildman–Crippen MR) is 105 cm³/mol. The van der Waals surface area contributed by atoms with E-state index in [1.165, 1.54) is 9.87 Å². The van der Waals surface area contributed by atoms with Crippen molar-refractivity contribution in [2.45, 2.75) is 50.4 Å². The van der Waals surface area contributed by atoms with Crippen LogP contribution in [-0.2, 0) is 21.2 Å². The zero-order valence-electron chi connectivity index (χ0n) is 16.0. The Bertz CT molecular complexity index is 731. The molecule has 1 aromatic rings. The molecule has 0 saturated carbocycles. The molecule has 2 fully saturated rings. The molecule has 1 aromatic carbocycles. The van der Waals surface area contributed by atoms with E-state index in [4.69, 9.17) is 0 Å². The SMILES string of the molecule is CC1NNC(C)C1S(=O)(=O)N1CCCC(C(=O)NCCc2ccccc2)C1. The number of carbonyl (C=O) groups excluding carboxylic acids is 1. The lowest BCUT2D eigenvalue weighted by Gasteiger charge is -2.34. The van der Waals surface area contributed by atoms with Crippen LogP contribution in [0.15, 0.2) is 30.3 Å². The molecular weight excluding hydrogens is 364 g/mol. The second-order valence-corrected chi connectivity index (χ2v) is 9.69. The summed E-state index contributed by atoms with van der Waals surface area (Å²) in [6, 6.07) is 9.68. The van der Waals surface area contributed by atoms with Gasteiger partial charge in [-0.1, -0.05) is 30.3 Å². The van der Waals surface area contributed by atoms with Crippen molar-refractivity contribution in [3.63, 3.8) is 0 Å². The van der Waals surface area contributed by atoms with Gasteiger partial charge in [-0.3, -0.25) is 15.6 Å². The van der Waals surface area contributed by atoms with Crippen molar-refractivity contribution >= 4 is 15.9 Å². The molecule has 150 valence electrons. The minimum absolute atomic E-state index is 0.0467. The van der Waals surface area contributed by atoms with Gasteiger partial charge >= 0.3 is 0 Å². The van der Waals surface area contributed by atoms with Crippen molar-refractivity contribution < 1.29 is 13.2 Å². The number of hydrogen-bond acceptors (Lipinski definition) is 5. The number of hydrazine groups is 1. The number of nitrogens with one attached hydrogen (secondary N) is 3. The maximum absolute atomic E-state index is 13.1. The largest absolute Gasteiger partial charge is 0.355 e. The van der Waals surface area contributed by atoms with Gasteiger partial charge in [0.2, 0.25) is 15.9 Å². The third-order valence-electron chi connectivity index (χ3n) is 5.54. The summed E-state index contributed by atoms with van der Waals surface area (Å²) in [7, 11) is -3.46. The molecular formula is C19H30N4O3S. The summed E-state index contributed by atoms with van der Waals surface area (Å²) < 4.78 is 27.7. The minimum Gasteiger partial charge on any atom is -0.355 e. The standard InChI is InChI=1S/C19H30N4O3S/c1-14-18(15(2)22-21-14)27(25,26)23-12-6-9-17(13-23)19(24)20-11-10-16-7-4-3-5-8-16/h3-5,7-8,14-15,17-18,21-22H,6,9-13H2,1-2H3,(H,20,24). The third-order valence-corrected chi connectivity index (χ3v) is 8.09. The van der Waals surface area contributed by atoms with Crippen LogP contribution in [0.1, 0.15) is 32.3 Å². The lowest BCUT2D eigenvalue weighted by Crippen LogP contribution is -2.52. The van der Waals surface area contributed by atoms with Crippen LogP contribution in [0.4, 0.5) is 0 Å². The molecule has 8 heteroatoms. The molecule has 0 radical (unpaired) electrons. The normalized spacial score (nSPS) is 29.6. The Labute approximate surface area is 161 Å². The molecule has 0 aromatic heterocycles. The van der Waals surface area contributed by atoms with Crippen LogP contribution in [0.2, 0.25) is 0 Å². The Balaban J connectivity index is 1.56. The van der Waals surface area contributed by atoms with Gasteiger partial charge in [0.1, 0.15) is 5.25 Å². The van der Waals surface area contributed by atoms with E-state index in [1.54, 1.807) is 0 Å².